The van der Waals surface area contributed by atoms with Gasteiger partial charge in [0.05, 0.1) is 22.8 Å². The Hall–Kier alpha value is -2.03. The third-order valence-corrected chi connectivity index (χ3v) is 3.34. The number of piperazine rings is 1. The second kappa shape index (κ2) is 5.76. The molecule has 0 aromatic heterocycles. The van der Waals surface area contributed by atoms with E-state index in [1.165, 1.54) is 23.1 Å². The molecule has 116 valence electrons. The second-order valence-corrected chi connectivity index (χ2v) is 4.88. The predicted molar refractivity (Wildman–Crippen MR) is 72.2 cm³/mol. The van der Waals surface area contributed by atoms with E-state index < -0.39 is 17.6 Å². The molecule has 2 N–H and O–H groups in total. The van der Waals surface area contributed by atoms with Gasteiger partial charge in [0.25, 0.3) is 5.69 Å². The van der Waals surface area contributed by atoms with Crippen molar-refractivity contribution in [1.29, 1.82) is 0 Å². The number of rotatable bonds is 3. The standard InChI is InChI=1S/C12H15F3N4O2/c13-12(14,15)8-17-3-5-18(6-4-17)11-2-1-9(19(20)21)7-10(11)16/h1-2,7H,3-6,8,16H2. The highest BCUT2D eigenvalue weighted by Crippen LogP contribution is 2.28. The Bertz CT molecular complexity index is 528. The lowest BCUT2D eigenvalue weighted by Crippen LogP contribution is -2.49. The first-order chi connectivity index (χ1) is 9.76. The molecule has 1 heterocycles. The summed E-state index contributed by atoms with van der Waals surface area (Å²) in [4.78, 5) is 13.3. The smallest absolute Gasteiger partial charge is 0.397 e. The van der Waals surface area contributed by atoms with Gasteiger partial charge in [0.1, 0.15) is 0 Å². The fourth-order valence-electron chi connectivity index (χ4n) is 2.34. The van der Waals surface area contributed by atoms with Crippen LogP contribution in [0.3, 0.4) is 0 Å². The van der Waals surface area contributed by atoms with Crippen LogP contribution < -0.4 is 10.6 Å². The number of nitrogens with zero attached hydrogens (tertiary/aromatic N) is 3. The van der Waals surface area contributed by atoms with Crippen LogP contribution in [0.25, 0.3) is 0 Å². The molecule has 0 bridgehead atoms. The number of nitrogen functional groups attached to an aromatic ring is 1. The molecular formula is C12H15F3N4O2. The van der Waals surface area contributed by atoms with Crippen molar-refractivity contribution in [3.05, 3.63) is 28.3 Å². The number of nitro benzene ring substituents is 1. The highest BCUT2D eigenvalue weighted by Gasteiger charge is 2.32. The largest absolute Gasteiger partial charge is 0.401 e. The maximum absolute atomic E-state index is 12.3. The Morgan fingerprint density at radius 1 is 1.24 bits per heavy atom. The average molecular weight is 304 g/mol. The molecule has 6 nitrogen and oxygen atoms in total. The summed E-state index contributed by atoms with van der Waals surface area (Å²) < 4.78 is 36.9. The Balaban J connectivity index is 2.01. The lowest BCUT2D eigenvalue weighted by atomic mass is 10.2. The third kappa shape index (κ3) is 3.97. The van der Waals surface area contributed by atoms with Gasteiger partial charge in [0.15, 0.2) is 0 Å². The maximum atomic E-state index is 12.3. The highest BCUT2D eigenvalue weighted by molar-refractivity contribution is 5.70. The molecule has 1 saturated heterocycles. The van der Waals surface area contributed by atoms with Gasteiger partial charge in [-0.15, -0.1) is 0 Å². The van der Waals surface area contributed by atoms with Crippen molar-refractivity contribution >= 4 is 17.1 Å². The van der Waals surface area contributed by atoms with E-state index in [0.717, 1.165) is 0 Å². The molecule has 9 heteroatoms. The first-order valence-corrected chi connectivity index (χ1v) is 6.34. The summed E-state index contributed by atoms with van der Waals surface area (Å²) in [5.41, 5.74) is 6.56. The molecule has 0 radical (unpaired) electrons. The van der Waals surface area contributed by atoms with Gasteiger partial charge in [-0.1, -0.05) is 0 Å². The molecule has 0 spiro atoms. The quantitative estimate of drug-likeness (QED) is 0.524. The number of halogens is 3. The van der Waals surface area contributed by atoms with Crippen molar-refractivity contribution in [3.8, 4) is 0 Å². The van der Waals surface area contributed by atoms with E-state index in [1.54, 1.807) is 0 Å². The number of hydrogen-bond acceptors (Lipinski definition) is 5. The molecule has 1 aromatic rings. The fourth-order valence-corrected chi connectivity index (χ4v) is 2.34. The summed E-state index contributed by atoms with van der Waals surface area (Å²) in [5.74, 6) is 0. The summed E-state index contributed by atoms with van der Waals surface area (Å²) in [7, 11) is 0. The van der Waals surface area contributed by atoms with Gasteiger partial charge in [0, 0.05) is 38.3 Å². The molecule has 0 aliphatic carbocycles. The number of alkyl halides is 3. The van der Waals surface area contributed by atoms with E-state index in [-0.39, 0.29) is 24.5 Å². The van der Waals surface area contributed by atoms with E-state index in [2.05, 4.69) is 0 Å². The molecule has 1 aliphatic heterocycles. The predicted octanol–water partition coefficient (Wildman–Crippen LogP) is 1.86. The number of nitrogens with two attached hydrogens (primary N) is 1. The molecule has 0 unspecified atom stereocenters. The summed E-state index contributed by atoms with van der Waals surface area (Å²) in [5, 5.41) is 10.6. The molecule has 1 fully saturated rings. The van der Waals surface area contributed by atoms with E-state index in [1.807, 2.05) is 4.90 Å². The van der Waals surface area contributed by atoms with Crippen molar-refractivity contribution in [1.82, 2.24) is 4.90 Å². The van der Waals surface area contributed by atoms with Crippen LogP contribution >= 0.6 is 0 Å². The monoisotopic (exact) mass is 304 g/mol. The van der Waals surface area contributed by atoms with Crippen molar-refractivity contribution in [2.24, 2.45) is 0 Å². The number of anilines is 2. The first-order valence-electron chi connectivity index (χ1n) is 6.34. The minimum absolute atomic E-state index is 0.105. The zero-order valence-corrected chi connectivity index (χ0v) is 11.1. The summed E-state index contributed by atoms with van der Waals surface area (Å²) in [6.07, 6.45) is -4.20. The molecular weight excluding hydrogens is 289 g/mol. The van der Waals surface area contributed by atoms with Gasteiger partial charge < -0.3 is 10.6 Å². The lowest BCUT2D eigenvalue weighted by molar-refractivity contribution is -0.384. The summed E-state index contributed by atoms with van der Waals surface area (Å²) in [6, 6.07) is 4.14. The van der Waals surface area contributed by atoms with Gasteiger partial charge in [-0.3, -0.25) is 15.0 Å². The van der Waals surface area contributed by atoms with Crippen molar-refractivity contribution in [3.63, 3.8) is 0 Å². The molecule has 0 saturated carbocycles. The van der Waals surface area contributed by atoms with Gasteiger partial charge in [0.2, 0.25) is 0 Å². The van der Waals surface area contributed by atoms with Crippen LogP contribution in [0.5, 0.6) is 0 Å². The highest BCUT2D eigenvalue weighted by atomic mass is 19.4. The second-order valence-electron chi connectivity index (χ2n) is 4.88. The molecule has 0 amide bonds. The normalized spacial score (nSPS) is 17.0. The van der Waals surface area contributed by atoms with Crippen molar-refractivity contribution in [2.45, 2.75) is 6.18 Å². The van der Waals surface area contributed by atoms with Crippen LogP contribution in [0.1, 0.15) is 0 Å². The van der Waals surface area contributed by atoms with E-state index in [9.17, 15) is 23.3 Å². The fraction of sp³-hybridized carbons (Fsp3) is 0.500. The minimum Gasteiger partial charge on any atom is -0.397 e. The topological polar surface area (TPSA) is 75.6 Å². The van der Waals surface area contributed by atoms with Gasteiger partial charge in [-0.25, -0.2) is 0 Å². The van der Waals surface area contributed by atoms with Crippen LogP contribution in [0.2, 0.25) is 0 Å². The summed E-state index contributed by atoms with van der Waals surface area (Å²) >= 11 is 0. The minimum atomic E-state index is -4.20. The number of benzene rings is 1. The number of hydrogen-bond donors (Lipinski definition) is 1. The zero-order valence-electron chi connectivity index (χ0n) is 11.1. The molecule has 0 atom stereocenters. The molecule has 2 rings (SSSR count). The Morgan fingerprint density at radius 3 is 2.33 bits per heavy atom. The Morgan fingerprint density at radius 2 is 1.86 bits per heavy atom. The van der Waals surface area contributed by atoms with E-state index >= 15 is 0 Å². The lowest BCUT2D eigenvalue weighted by Gasteiger charge is -2.36. The molecule has 1 aromatic carbocycles. The van der Waals surface area contributed by atoms with Crippen molar-refractivity contribution in [2.75, 3.05) is 43.4 Å². The third-order valence-electron chi connectivity index (χ3n) is 3.34. The Kier molecular flexibility index (Phi) is 4.21. The molecule has 1 aliphatic rings. The maximum Gasteiger partial charge on any atom is 0.401 e. The van der Waals surface area contributed by atoms with Crippen molar-refractivity contribution < 1.29 is 18.1 Å². The van der Waals surface area contributed by atoms with Crippen LogP contribution in [-0.2, 0) is 0 Å². The van der Waals surface area contributed by atoms with E-state index in [4.69, 9.17) is 5.73 Å². The SMILES string of the molecule is Nc1cc([N+](=O)[O-])ccc1N1CCN(CC(F)(F)F)CC1. The average Bonchev–Trinajstić information content (AvgIpc) is 2.38. The Labute approximate surface area is 119 Å². The van der Waals surface area contributed by atoms with Gasteiger partial charge in [-0.05, 0) is 6.07 Å². The van der Waals surface area contributed by atoms with E-state index in [0.29, 0.717) is 18.8 Å². The van der Waals surface area contributed by atoms with Gasteiger partial charge in [-0.2, -0.15) is 13.2 Å². The van der Waals surface area contributed by atoms with Crippen LogP contribution in [-0.4, -0.2) is 48.7 Å². The van der Waals surface area contributed by atoms with Crippen LogP contribution in [0.4, 0.5) is 30.2 Å². The number of nitro groups is 1. The first kappa shape index (κ1) is 15.4. The zero-order chi connectivity index (χ0) is 15.6. The van der Waals surface area contributed by atoms with Crippen LogP contribution in [0.15, 0.2) is 18.2 Å². The van der Waals surface area contributed by atoms with Crippen LogP contribution in [0, 0.1) is 10.1 Å². The summed E-state index contributed by atoms with van der Waals surface area (Å²) in [6.45, 7) is 0.429. The molecule has 21 heavy (non-hydrogen) atoms. The number of non-ortho nitro benzene ring substituents is 1. The van der Waals surface area contributed by atoms with Gasteiger partial charge >= 0.3 is 6.18 Å².